The van der Waals surface area contributed by atoms with E-state index in [0.717, 1.165) is 27.8 Å². The maximum absolute atomic E-state index is 12.7. The minimum Gasteiger partial charge on any atom is -0.486 e. The molecule has 2 aromatic heterocycles. The minimum absolute atomic E-state index is 0.176. The van der Waals surface area contributed by atoms with Crippen molar-refractivity contribution in [1.29, 1.82) is 0 Å². The van der Waals surface area contributed by atoms with E-state index in [1.807, 2.05) is 55.5 Å². The summed E-state index contributed by atoms with van der Waals surface area (Å²) in [5.74, 6) is 1.48. The van der Waals surface area contributed by atoms with Gasteiger partial charge in [-0.2, -0.15) is 5.10 Å². The zero-order valence-electron chi connectivity index (χ0n) is 18.8. The number of hydrogen-bond donors (Lipinski definition) is 1. The van der Waals surface area contributed by atoms with E-state index in [2.05, 4.69) is 10.4 Å². The van der Waals surface area contributed by atoms with Gasteiger partial charge in [0.05, 0.1) is 6.54 Å². The Labute approximate surface area is 212 Å². The summed E-state index contributed by atoms with van der Waals surface area (Å²) >= 11 is 12.3. The van der Waals surface area contributed by atoms with Gasteiger partial charge in [0.25, 0.3) is 5.91 Å². The zero-order chi connectivity index (χ0) is 24.4. The molecule has 3 aromatic carbocycles. The first kappa shape index (κ1) is 23.0. The number of rotatable bonds is 7. The topological polar surface area (TPSA) is 69.3 Å². The molecule has 0 saturated heterocycles. The Bertz CT molecular complexity index is 1520. The molecule has 6 nitrogen and oxygen atoms in total. The molecule has 8 heteroatoms. The Kier molecular flexibility index (Phi) is 6.49. The molecule has 176 valence electrons. The van der Waals surface area contributed by atoms with Crippen molar-refractivity contribution in [2.24, 2.45) is 0 Å². The van der Waals surface area contributed by atoms with Crippen molar-refractivity contribution in [2.75, 3.05) is 5.32 Å². The molecule has 1 N–H and O–H groups in total. The quantitative estimate of drug-likeness (QED) is 0.255. The van der Waals surface area contributed by atoms with Crippen molar-refractivity contribution in [3.05, 3.63) is 112 Å². The predicted octanol–water partition coefficient (Wildman–Crippen LogP) is 7.12. The molecule has 0 saturated carbocycles. The number of fused-ring (bicyclic) bond motifs is 1. The molecular weight excluding hydrogens is 485 g/mol. The number of benzene rings is 3. The second-order valence-electron chi connectivity index (χ2n) is 8.08. The SMILES string of the molecule is Cc1cc(NC(=O)c2ccc(COc3ccc4ccccc4c3)o2)nn1Cc1ccc(Cl)cc1Cl. The van der Waals surface area contributed by atoms with Gasteiger partial charge in [-0.25, -0.2) is 0 Å². The van der Waals surface area contributed by atoms with Gasteiger partial charge in [0, 0.05) is 21.8 Å². The Hall–Kier alpha value is -3.74. The normalized spacial score (nSPS) is 11.1. The van der Waals surface area contributed by atoms with Crippen LogP contribution in [0, 0.1) is 6.92 Å². The number of nitrogens with zero attached hydrogens (tertiary/aromatic N) is 2. The van der Waals surface area contributed by atoms with Crippen molar-refractivity contribution >= 4 is 45.7 Å². The number of hydrogen-bond acceptors (Lipinski definition) is 4. The van der Waals surface area contributed by atoms with Crippen LogP contribution < -0.4 is 10.1 Å². The maximum Gasteiger partial charge on any atom is 0.292 e. The van der Waals surface area contributed by atoms with Crippen LogP contribution in [0.4, 0.5) is 5.82 Å². The van der Waals surface area contributed by atoms with E-state index in [1.54, 1.807) is 35.0 Å². The third-order valence-corrected chi connectivity index (χ3v) is 6.13. The summed E-state index contributed by atoms with van der Waals surface area (Å²) in [4.78, 5) is 12.7. The van der Waals surface area contributed by atoms with E-state index in [9.17, 15) is 4.79 Å². The lowest BCUT2D eigenvalue weighted by Gasteiger charge is -2.07. The van der Waals surface area contributed by atoms with E-state index in [4.69, 9.17) is 32.4 Å². The van der Waals surface area contributed by atoms with Crippen LogP contribution in [0.2, 0.25) is 10.0 Å². The fourth-order valence-corrected chi connectivity index (χ4v) is 4.18. The van der Waals surface area contributed by atoms with Crippen LogP contribution in [0.1, 0.15) is 27.6 Å². The van der Waals surface area contributed by atoms with Gasteiger partial charge in [0.2, 0.25) is 0 Å². The average Bonchev–Trinajstić information content (AvgIpc) is 3.46. The van der Waals surface area contributed by atoms with Crippen molar-refractivity contribution in [3.8, 4) is 5.75 Å². The van der Waals surface area contributed by atoms with Crippen molar-refractivity contribution in [3.63, 3.8) is 0 Å². The van der Waals surface area contributed by atoms with E-state index in [0.29, 0.717) is 28.2 Å². The molecule has 2 heterocycles. The lowest BCUT2D eigenvalue weighted by atomic mass is 10.1. The van der Waals surface area contributed by atoms with Gasteiger partial charge in [-0.15, -0.1) is 0 Å². The maximum atomic E-state index is 12.7. The first-order valence-corrected chi connectivity index (χ1v) is 11.7. The Morgan fingerprint density at radius 3 is 2.66 bits per heavy atom. The van der Waals surface area contributed by atoms with E-state index >= 15 is 0 Å². The van der Waals surface area contributed by atoms with Crippen LogP contribution in [0.15, 0.2) is 83.3 Å². The highest BCUT2D eigenvalue weighted by Crippen LogP contribution is 2.24. The van der Waals surface area contributed by atoms with Gasteiger partial charge in [0.15, 0.2) is 11.6 Å². The van der Waals surface area contributed by atoms with Crippen LogP contribution >= 0.6 is 23.2 Å². The van der Waals surface area contributed by atoms with Gasteiger partial charge < -0.3 is 14.5 Å². The molecule has 0 aliphatic carbocycles. The summed E-state index contributed by atoms with van der Waals surface area (Å²) in [5, 5.41) is 10.6. The third-order valence-electron chi connectivity index (χ3n) is 5.55. The molecule has 1 amide bonds. The lowest BCUT2D eigenvalue weighted by Crippen LogP contribution is -2.12. The largest absolute Gasteiger partial charge is 0.486 e. The van der Waals surface area contributed by atoms with Crippen molar-refractivity contribution < 1.29 is 13.9 Å². The van der Waals surface area contributed by atoms with Gasteiger partial charge >= 0.3 is 0 Å². The summed E-state index contributed by atoms with van der Waals surface area (Å²) in [7, 11) is 0. The number of anilines is 1. The monoisotopic (exact) mass is 505 g/mol. The smallest absolute Gasteiger partial charge is 0.292 e. The van der Waals surface area contributed by atoms with Crippen molar-refractivity contribution in [1.82, 2.24) is 9.78 Å². The lowest BCUT2D eigenvalue weighted by molar-refractivity contribution is 0.0992. The summed E-state index contributed by atoms with van der Waals surface area (Å²) in [6.45, 7) is 2.57. The molecule has 0 aliphatic rings. The standard InChI is InChI=1S/C27H21Cl2N3O3/c1-17-12-26(31-32(17)15-20-6-8-21(28)14-24(20)29)30-27(33)25-11-10-23(35-25)16-34-22-9-7-18-4-2-3-5-19(18)13-22/h2-14H,15-16H2,1H3,(H,30,31,33). The number of amides is 1. The molecule has 0 spiro atoms. The predicted molar refractivity (Wildman–Crippen MR) is 137 cm³/mol. The highest BCUT2D eigenvalue weighted by molar-refractivity contribution is 6.35. The van der Waals surface area contributed by atoms with Gasteiger partial charge in [0.1, 0.15) is 18.1 Å². The second-order valence-corrected chi connectivity index (χ2v) is 8.93. The van der Waals surface area contributed by atoms with Crippen LogP contribution in [0.3, 0.4) is 0 Å². The minimum atomic E-state index is -0.392. The van der Waals surface area contributed by atoms with Crippen molar-refractivity contribution in [2.45, 2.75) is 20.1 Å². The van der Waals surface area contributed by atoms with Crippen LogP contribution in [-0.2, 0) is 13.2 Å². The highest BCUT2D eigenvalue weighted by Gasteiger charge is 2.15. The Morgan fingerprint density at radius 1 is 1.00 bits per heavy atom. The molecule has 0 unspecified atom stereocenters. The third kappa shape index (κ3) is 5.34. The number of carbonyl (C=O) groups is 1. The number of halogens is 2. The number of aryl methyl sites for hydroxylation is 1. The van der Waals surface area contributed by atoms with E-state index < -0.39 is 5.91 Å². The number of ether oxygens (including phenoxy) is 1. The fraction of sp³-hybridized carbons (Fsp3) is 0.111. The van der Waals surface area contributed by atoms with E-state index in [-0.39, 0.29) is 12.4 Å². The molecule has 0 radical (unpaired) electrons. The number of furan rings is 1. The van der Waals surface area contributed by atoms with E-state index in [1.165, 1.54) is 0 Å². The molecule has 0 atom stereocenters. The summed E-state index contributed by atoms with van der Waals surface area (Å²) < 4.78 is 13.3. The van der Waals surface area contributed by atoms with Gasteiger partial charge in [-0.05, 0) is 59.7 Å². The summed E-state index contributed by atoms with van der Waals surface area (Å²) in [5.41, 5.74) is 1.75. The Morgan fingerprint density at radius 2 is 1.83 bits per heavy atom. The molecule has 0 aliphatic heterocycles. The van der Waals surface area contributed by atoms with Gasteiger partial charge in [-0.3, -0.25) is 9.48 Å². The summed E-state index contributed by atoms with van der Waals surface area (Å²) in [6, 6.07) is 24.4. The molecule has 0 bridgehead atoms. The summed E-state index contributed by atoms with van der Waals surface area (Å²) in [6.07, 6.45) is 0. The first-order chi connectivity index (χ1) is 16.9. The number of nitrogens with one attached hydrogen (secondary N) is 1. The number of carbonyl (C=O) groups excluding carboxylic acids is 1. The fourth-order valence-electron chi connectivity index (χ4n) is 3.71. The Balaban J connectivity index is 1.21. The zero-order valence-corrected chi connectivity index (χ0v) is 20.3. The van der Waals surface area contributed by atoms with Crippen LogP contribution in [0.5, 0.6) is 5.75 Å². The molecule has 0 fully saturated rings. The molecule has 5 rings (SSSR count). The molecular formula is C27H21Cl2N3O3. The highest BCUT2D eigenvalue weighted by atomic mass is 35.5. The van der Waals surface area contributed by atoms with Crippen LogP contribution in [-0.4, -0.2) is 15.7 Å². The second kappa shape index (κ2) is 9.86. The molecule has 35 heavy (non-hydrogen) atoms. The molecule has 5 aromatic rings. The average molecular weight is 506 g/mol. The van der Waals surface area contributed by atoms with Gasteiger partial charge in [-0.1, -0.05) is 59.6 Å². The first-order valence-electron chi connectivity index (χ1n) is 10.9. The van der Waals surface area contributed by atoms with Crippen LogP contribution in [0.25, 0.3) is 10.8 Å². The number of aromatic nitrogens is 2.